The molecule has 1 aliphatic heterocycles. The van der Waals surface area contributed by atoms with E-state index in [1.807, 2.05) is 36.0 Å². The molecule has 4 nitrogen and oxygen atoms in total. The average molecular weight is 410 g/mol. The van der Waals surface area contributed by atoms with E-state index in [0.29, 0.717) is 11.3 Å². The molecular weight excluding hydrogens is 389 g/mol. The Kier molecular flexibility index (Phi) is 6.85. The molecule has 0 spiro atoms. The molecule has 1 saturated heterocycles. The van der Waals surface area contributed by atoms with Crippen LogP contribution in [0.3, 0.4) is 0 Å². The number of carbonyl (C=O) groups is 1. The van der Waals surface area contributed by atoms with Crippen molar-refractivity contribution in [3.8, 4) is 5.75 Å². The molecule has 0 radical (unpaired) electrons. The van der Waals surface area contributed by atoms with Crippen molar-refractivity contribution >= 4 is 23.4 Å². The summed E-state index contributed by atoms with van der Waals surface area (Å²) < 4.78 is 41.2. The first-order valence-electron chi connectivity index (χ1n) is 8.89. The van der Waals surface area contributed by atoms with E-state index in [1.165, 1.54) is 24.3 Å². The summed E-state index contributed by atoms with van der Waals surface area (Å²) >= 11 is 1.96. The Morgan fingerprint density at radius 3 is 2.50 bits per heavy atom. The number of ether oxygens (including phenoxy) is 1. The van der Waals surface area contributed by atoms with Gasteiger partial charge in [0.05, 0.1) is 0 Å². The highest BCUT2D eigenvalue weighted by Crippen LogP contribution is 2.20. The summed E-state index contributed by atoms with van der Waals surface area (Å²) in [7, 11) is 0. The minimum absolute atomic E-state index is 0.0653. The van der Waals surface area contributed by atoms with Gasteiger partial charge in [0.15, 0.2) is 6.61 Å². The van der Waals surface area contributed by atoms with Crippen LogP contribution >= 0.6 is 11.8 Å². The second-order valence-corrected chi connectivity index (χ2v) is 7.70. The molecule has 2 aromatic carbocycles. The van der Waals surface area contributed by atoms with Crippen molar-refractivity contribution in [2.45, 2.75) is 12.7 Å². The maximum absolute atomic E-state index is 12.4. The van der Waals surface area contributed by atoms with Crippen LogP contribution in [0.1, 0.15) is 15.9 Å². The number of hydrogen-bond acceptors (Lipinski definition) is 4. The van der Waals surface area contributed by atoms with E-state index in [9.17, 15) is 18.0 Å². The fourth-order valence-corrected chi connectivity index (χ4v) is 3.81. The maximum atomic E-state index is 12.4. The monoisotopic (exact) mass is 410 g/mol. The predicted molar refractivity (Wildman–Crippen MR) is 105 cm³/mol. The Bertz CT molecular complexity index is 791. The molecule has 2 aromatic rings. The molecule has 0 unspecified atom stereocenters. The fraction of sp³-hybridized carbons (Fsp3) is 0.350. The van der Waals surface area contributed by atoms with Gasteiger partial charge in [-0.05, 0) is 42.0 Å². The third-order valence-corrected chi connectivity index (χ3v) is 5.16. The number of anilines is 1. The first-order valence-corrected chi connectivity index (χ1v) is 10.0. The standard InChI is InChI=1S/C20H21F3N2O2S/c21-20(22,23)14-27-18-6-4-16(5-7-18)19(26)24-17-3-1-2-15(12-17)13-25-8-10-28-11-9-25/h1-7,12H,8-11,13-14H2,(H,24,26). The molecule has 0 atom stereocenters. The van der Waals surface area contributed by atoms with E-state index in [0.717, 1.165) is 36.7 Å². The van der Waals surface area contributed by atoms with E-state index >= 15 is 0 Å². The van der Waals surface area contributed by atoms with Gasteiger partial charge < -0.3 is 10.1 Å². The first kappa shape index (κ1) is 20.5. The highest BCUT2D eigenvalue weighted by Gasteiger charge is 2.28. The van der Waals surface area contributed by atoms with Gasteiger partial charge in [-0.1, -0.05) is 12.1 Å². The minimum Gasteiger partial charge on any atom is -0.484 e. The molecule has 1 fully saturated rings. The molecule has 1 N–H and O–H groups in total. The van der Waals surface area contributed by atoms with Crippen molar-refractivity contribution < 1.29 is 22.7 Å². The molecule has 28 heavy (non-hydrogen) atoms. The van der Waals surface area contributed by atoms with Gasteiger partial charge >= 0.3 is 6.18 Å². The van der Waals surface area contributed by atoms with Crippen LogP contribution in [0.15, 0.2) is 48.5 Å². The third-order valence-electron chi connectivity index (χ3n) is 4.21. The zero-order valence-corrected chi connectivity index (χ0v) is 16.0. The van der Waals surface area contributed by atoms with Crippen LogP contribution in [0.5, 0.6) is 5.75 Å². The second kappa shape index (κ2) is 9.34. The smallest absolute Gasteiger partial charge is 0.422 e. The van der Waals surface area contributed by atoms with Crippen LogP contribution in [0.2, 0.25) is 0 Å². The molecule has 0 saturated carbocycles. The summed E-state index contributed by atoms with van der Waals surface area (Å²) in [6.45, 7) is 1.60. The van der Waals surface area contributed by atoms with E-state index in [4.69, 9.17) is 0 Å². The number of rotatable bonds is 6. The summed E-state index contributed by atoms with van der Waals surface area (Å²) in [5, 5.41) is 2.83. The lowest BCUT2D eigenvalue weighted by atomic mass is 10.1. The lowest BCUT2D eigenvalue weighted by Crippen LogP contribution is -2.31. The summed E-state index contributed by atoms with van der Waals surface area (Å²) in [5.74, 6) is 2.02. The molecule has 1 amide bonds. The van der Waals surface area contributed by atoms with Crippen LogP contribution in [-0.4, -0.2) is 48.2 Å². The van der Waals surface area contributed by atoms with Gasteiger partial charge in [-0.3, -0.25) is 9.69 Å². The van der Waals surface area contributed by atoms with Crippen molar-refractivity contribution in [1.29, 1.82) is 0 Å². The molecule has 0 aromatic heterocycles. The highest BCUT2D eigenvalue weighted by atomic mass is 32.2. The molecular formula is C20H21F3N2O2S. The van der Waals surface area contributed by atoms with Gasteiger partial charge in [-0.2, -0.15) is 24.9 Å². The van der Waals surface area contributed by atoms with Gasteiger partial charge in [0.1, 0.15) is 5.75 Å². The van der Waals surface area contributed by atoms with Crippen LogP contribution in [0, 0.1) is 0 Å². The number of alkyl halides is 3. The summed E-state index contributed by atoms with van der Waals surface area (Å²) in [6.07, 6.45) is -4.39. The normalized spacial score (nSPS) is 15.2. The number of benzene rings is 2. The average Bonchev–Trinajstić information content (AvgIpc) is 2.67. The number of thioether (sulfide) groups is 1. The van der Waals surface area contributed by atoms with Gasteiger partial charge in [0.2, 0.25) is 0 Å². The van der Waals surface area contributed by atoms with Crippen molar-refractivity contribution in [2.75, 3.05) is 36.5 Å². The molecule has 1 heterocycles. The van der Waals surface area contributed by atoms with Crippen molar-refractivity contribution in [3.05, 3.63) is 59.7 Å². The summed E-state index contributed by atoms with van der Waals surface area (Å²) in [5.41, 5.74) is 2.16. The van der Waals surface area contributed by atoms with Gasteiger partial charge in [-0.15, -0.1) is 0 Å². The Morgan fingerprint density at radius 1 is 1.11 bits per heavy atom. The van der Waals surface area contributed by atoms with Gasteiger partial charge in [-0.25, -0.2) is 0 Å². The van der Waals surface area contributed by atoms with E-state index in [1.54, 1.807) is 0 Å². The Hall–Kier alpha value is -2.19. The van der Waals surface area contributed by atoms with Gasteiger partial charge in [0, 0.05) is 42.4 Å². The SMILES string of the molecule is O=C(Nc1cccc(CN2CCSCC2)c1)c1ccc(OCC(F)(F)F)cc1. The lowest BCUT2D eigenvalue weighted by Gasteiger charge is -2.26. The quantitative estimate of drug-likeness (QED) is 0.765. The Balaban J connectivity index is 1.57. The van der Waals surface area contributed by atoms with Gasteiger partial charge in [0.25, 0.3) is 5.91 Å². The van der Waals surface area contributed by atoms with Crippen molar-refractivity contribution in [1.82, 2.24) is 4.90 Å². The van der Waals surface area contributed by atoms with Crippen molar-refractivity contribution in [2.24, 2.45) is 0 Å². The number of halogens is 3. The zero-order valence-electron chi connectivity index (χ0n) is 15.2. The first-order chi connectivity index (χ1) is 13.4. The molecule has 3 rings (SSSR count). The minimum atomic E-state index is -4.39. The van der Waals surface area contributed by atoms with E-state index < -0.39 is 12.8 Å². The number of amides is 1. The molecule has 0 aliphatic carbocycles. The van der Waals surface area contributed by atoms with Crippen LogP contribution < -0.4 is 10.1 Å². The van der Waals surface area contributed by atoms with Crippen LogP contribution in [0.4, 0.5) is 18.9 Å². The molecule has 0 bridgehead atoms. The summed E-state index contributed by atoms with van der Waals surface area (Å²) in [6, 6.07) is 13.3. The maximum Gasteiger partial charge on any atom is 0.422 e. The summed E-state index contributed by atoms with van der Waals surface area (Å²) in [4.78, 5) is 14.8. The lowest BCUT2D eigenvalue weighted by molar-refractivity contribution is -0.153. The molecule has 1 aliphatic rings. The third kappa shape index (κ3) is 6.45. The number of nitrogens with zero attached hydrogens (tertiary/aromatic N) is 1. The van der Waals surface area contributed by atoms with Crippen molar-refractivity contribution in [3.63, 3.8) is 0 Å². The number of carbonyl (C=O) groups excluding carboxylic acids is 1. The molecule has 8 heteroatoms. The fourth-order valence-electron chi connectivity index (χ4n) is 2.84. The molecule has 150 valence electrons. The highest BCUT2D eigenvalue weighted by molar-refractivity contribution is 7.99. The number of hydrogen-bond donors (Lipinski definition) is 1. The van der Waals surface area contributed by atoms with Crippen LogP contribution in [-0.2, 0) is 6.54 Å². The largest absolute Gasteiger partial charge is 0.484 e. The number of nitrogens with one attached hydrogen (secondary N) is 1. The predicted octanol–water partition coefficient (Wildman–Crippen LogP) is 4.43. The second-order valence-electron chi connectivity index (χ2n) is 6.47. The Labute approximate surface area is 166 Å². The zero-order chi connectivity index (χ0) is 20.0. The van der Waals surface area contributed by atoms with Crippen LogP contribution in [0.25, 0.3) is 0 Å². The topological polar surface area (TPSA) is 41.6 Å². The van der Waals surface area contributed by atoms with E-state index in [2.05, 4.69) is 15.0 Å². The Morgan fingerprint density at radius 2 is 1.82 bits per heavy atom. The van der Waals surface area contributed by atoms with E-state index in [-0.39, 0.29) is 11.7 Å².